The second-order valence-electron chi connectivity index (χ2n) is 4.55. The molecule has 0 unspecified atom stereocenters. The highest BCUT2D eigenvalue weighted by atomic mass is 16.5. The van der Waals surface area contributed by atoms with Crippen molar-refractivity contribution < 1.29 is 9.26 Å². The molecule has 0 spiro atoms. The number of nitrogens with two attached hydrogens (primary N) is 2. The molecule has 4 rings (SSSR count). The van der Waals surface area contributed by atoms with Crippen molar-refractivity contribution in [3.05, 3.63) is 30.0 Å². The summed E-state index contributed by atoms with van der Waals surface area (Å²) in [6.07, 6.45) is 1.45. The van der Waals surface area contributed by atoms with Crippen LogP contribution in [0.25, 0.3) is 22.6 Å². The van der Waals surface area contributed by atoms with Gasteiger partial charge in [-0.05, 0) is 0 Å². The van der Waals surface area contributed by atoms with E-state index in [4.69, 9.17) is 20.7 Å². The molecule has 8 nitrogen and oxygen atoms in total. The molecule has 0 bridgehead atoms. The molecule has 0 saturated carbocycles. The van der Waals surface area contributed by atoms with Crippen molar-refractivity contribution in [2.45, 2.75) is 6.61 Å². The molecule has 1 aliphatic rings. The van der Waals surface area contributed by atoms with Crippen LogP contribution in [0, 0.1) is 0 Å². The van der Waals surface area contributed by atoms with Crippen LogP contribution in [0.15, 0.2) is 28.9 Å². The quantitative estimate of drug-likeness (QED) is 0.719. The summed E-state index contributed by atoms with van der Waals surface area (Å²) in [5.74, 6) is 1.44. The Hall–Kier alpha value is -3.16. The molecule has 21 heavy (non-hydrogen) atoms. The minimum Gasteiger partial charge on any atom is -0.488 e. The first-order valence-corrected chi connectivity index (χ1v) is 6.20. The number of hydrogen-bond donors (Lipinski definition) is 2. The number of nitrogen functional groups attached to an aromatic ring is 2. The lowest BCUT2D eigenvalue weighted by Crippen LogP contribution is -2.12. The Bertz CT molecular complexity index is 831. The molecule has 0 fully saturated rings. The molecule has 0 radical (unpaired) electrons. The molecule has 0 amide bonds. The van der Waals surface area contributed by atoms with Crippen LogP contribution >= 0.6 is 0 Å². The maximum Gasteiger partial charge on any atom is 0.222 e. The average molecular weight is 282 g/mol. The molecule has 0 atom stereocenters. The summed E-state index contributed by atoms with van der Waals surface area (Å²) in [5.41, 5.74) is 14.6. The third kappa shape index (κ3) is 1.69. The molecule has 8 heteroatoms. The van der Waals surface area contributed by atoms with Crippen LogP contribution < -0.4 is 16.2 Å². The van der Waals surface area contributed by atoms with Crippen molar-refractivity contribution in [3.63, 3.8) is 0 Å². The Morgan fingerprint density at radius 2 is 2.05 bits per heavy atom. The topological polar surface area (TPSA) is 126 Å². The monoisotopic (exact) mass is 282 g/mol. The smallest absolute Gasteiger partial charge is 0.222 e. The Balaban J connectivity index is 2.02. The molecule has 0 saturated heterocycles. The van der Waals surface area contributed by atoms with E-state index in [2.05, 4.69) is 20.3 Å². The van der Waals surface area contributed by atoms with Gasteiger partial charge in [0, 0.05) is 16.4 Å². The molecule has 3 aromatic rings. The highest BCUT2D eigenvalue weighted by Crippen LogP contribution is 2.44. The highest BCUT2D eigenvalue weighted by Gasteiger charge is 2.25. The summed E-state index contributed by atoms with van der Waals surface area (Å²) in [7, 11) is 0. The minimum absolute atomic E-state index is 0.0540. The highest BCUT2D eigenvalue weighted by molar-refractivity contribution is 5.90. The van der Waals surface area contributed by atoms with Gasteiger partial charge >= 0.3 is 0 Å². The Labute approximate surface area is 118 Å². The summed E-state index contributed by atoms with van der Waals surface area (Å²) in [6, 6.07) is 5.80. The number of para-hydroxylation sites is 1. The van der Waals surface area contributed by atoms with Crippen molar-refractivity contribution in [1.82, 2.24) is 20.3 Å². The predicted octanol–water partition coefficient (Wildman–Crippen LogP) is 1.25. The molecule has 2 aromatic heterocycles. The van der Waals surface area contributed by atoms with Crippen LogP contribution in [0.5, 0.6) is 5.75 Å². The maximum absolute atomic E-state index is 6.03. The molecule has 4 N–H and O–H groups in total. The van der Waals surface area contributed by atoms with Gasteiger partial charge in [-0.2, -0.15) is 4.98 Å². The summed E-state index contributed by atoms with van der Waals surface area (Å²) >= 11 is 0. The SMILES string of the molecule is Nc1nc(N)c(-c2cccc3c2OC3)c(-c2cnno2)n1. The fourth-order valence-electron chi connectivity index (χ4n) is 2.35. The lowest BCUT2D eigenvalue weighted by atomic mass is 9.97. The normalized spacial score (nSPS) is 12.4. The largest absolute Gasteiger partial charge is 0.488 e. The van der Waals surface area contributed by atoms with Gasteiger partial charge in [0.05, 0.1) is 5.56 Å². The summed E-state index contributed by atoms with van der Waals surface area (Å²) in [4.78, 5) is 8.23. The number of fused-ring (bicyclic) bond motifs is 1. The van der Waals surface area contributed by atoms with E-state index in [0.29, 0.717) is 23.6 Å². The lowest BCUT2D eigenvalue weighted by Gasteiger charge is -2.24. The first-order chi connectivity index (χ1) is 10.2. The van der Waals surface area contributed by atoms with Crippen LogP contribution in [0.3, 0.4) is 0 Å². The van der Waals surface area contributed by atoms with E-state index >= 15 is 0 Å². The van der Waals surface area contributed by atoms with E-state index in [1.807, 2.05) is 18.2 Å². The molecule has 1 aliphatic heterocycles. The zero-order valence-electron chi connectivity index (χ0n) is 10.8. The van der Waals surface area contributed by atoms with E-state index in [1.54, 1.807) is 0 Å². The molecular formula is C13H10N6O2. The van der Waals surface area contributed by atoms with Gasteiger partial charge in [0.25, 0.3) is 0 Å². The zero-order chi connectivity index (χ0) is 14.4. The van der Waals surface area contributed by atoms with E-state index in [0.717, 1.165) is 16.9 Å². The third-order valence-corrected chi connectivity index (χ3v) is 3.29. The number of ether oxygens (including phenoxy) is 1. The Morgan fingerprint density at radius 1 is 1.14 bits per heavy atom. The van der Waals surface area contributed by atoms with Gasteiger partial charge in [0.15, 0.2) is 0 Å². The second kappa shape index (κ2) is 4.17. The summed E-state index contributed by atoms with van der Waals surface area (Å²) < 4.78 is 10.6. The molecular weight excluding hydrogens is 272 g/mol. The van der Waals surface area contributed by atoms with Gasteiger partial charge in [0.2, 0.25) is 11.7 Å². The fraction of sp³-hybridized carbons (Fsp3) is 0.0769. The first-order valence-electron chi connectivity index (χ1n) is 6.20. The van der Waals surface area contributed by atoms with E-state index in [-0.39, 0.29) is 11.8 Å². The molecule has 0 aliphatic carbocycles. The Morgan fingerprint density at radius 3 is 2.76 bits per heavy atom. The fourth-order valence-corrected chi connectivity index (χ4v) is 2.35. The number of anilines is 2. The third-order valence-electron chi connectivity index (χ3n) is 3.29. The summed E-state index contributed by atoms with van der Waals surface area (Å²) in [6.45, 7) is 0.581. The first kappa shape index (κ1) is 11.6. The van der Waals surface area contributed by atoms with Crippen molar-refractivity contribution in [2.75, 3.05) is 11.5 Å². The van der Waals surface area contributed by atoms with E-state index in [1.165, 1.54) is 6.20 Å². The van der Waals surface area contributed by atoms with Crippen LogP contribution in [0.4, 0.5) is 11.8 Å². The van der Waals surface area contributed by atoms with Crippen molar-refractivity contribution in [3.8, 4) is 28.3 Å². The van der Waals surface area contributed by atoms with Gasteiger partial charge in [-0.3, -0.25) is 0 Å². The van der Waals surface area contributed by atoms with Gasteiger partial charge in [-0.25, -0.2) is 4.98 Å². The number of nitrogens with zero attached hydrogens (tertiary/aromatic N) is 4. The van der Waals surface area contributed by atoms with Crippen molar-refractivity contribution in [1.29, 1.82) is 0 Å². The lowest BCUT2D eigenvalue weighted by molar-refractivity contribution is 0.245. The average Bonchev–Trinajstić information content (AvgIpc) is 2.93. The van der Waals surface area contributed by atoms with Crippen LogP contribution in [-0.2, 0) is 6.61 Å². The molecule has 3 heterocycles. The second-order valence-corrected chi connectivity index (χ2v) is 4.55. The van der Waals surface area contributed by atoms with Crippen molar-refractivity contribution >= 4 is 11.8 Å². The van der Waals surface area contributed by atoms with Gasteiger partial charge in [-0.1, -0.05) is 18.2 Å². The van der Waals surface area contributed by atoms with Gasteiger partial charge in [0.1, 0.15) is 30.1 Å². The molecule has 104 valence electrons. The van der Waals surface area contributed by atoms with Crippen LogP contribution in [0.2, 0.25) is 0 Å². The van der Waals surface area contributed by atoms with Crippen molar-refractivity contribution in [2.24, 2.45) is 0 Å². The zero-order valence-corrected chi connectivity index (χ0v) is 10.8. The van der Waals surface area contributed by atoms with Crippen LogP contribution in [0.1, 0.15) is 5.56 Å². The predicted molar refractivity (Wildman–Crippen MR) is 73.9 cm³/mol. The number of rotatable bonds is 2. The summed E-state index contributed by atoms with van der Waals surface area (Å²) in [5, 5.41) is 7.11. The van der Waals surface area contributed by atoms with Gasteiger partial charge < -0.3 is 20.7 Å². The van der Waals surface area contributed by atoms with Gasteiger partial charge in [-0.15, -0.1) is 5.10 Å². The number of hydrogen-bond acceptors (Lipinski definition) is 8. The van der Waals surface area contributed by atoms with Crippen LogP contribution in [-0.4, -0.2) is 20.3 Å². The Kier molecular flexibility index (Phi) is 2.31. The molecule has 1 aromatic carbocycles. The van der Waals surface area contributed by atoms with E-state index in [9.17, 15) is 0 Å². The van der Waals surface area contributed by atoms with E-state index < -0.39 is 0 Å². The number of benzene rings is 1. The maximum atomic E-state index is 6.03. The minimum atomic E-state index is 0.0540. The standard InChI is InChI=1S/C13H10N6O2/c14-12-9(7-3-1-2-6-5-20-11(6)7)10(17-13(15)18-12)8-4-16-19-21-8/h1-4H,5H2,(H4,14,15,17,18). The number of aromatic nitrogens is 4.